The molecule has 0 unspecified atom stereocenters. The van der Waals surface area contributed by atoms with Crippen molar-refractivity contribution in [1.82, 2.24) is 19.4 Å². The maximum atomic E-state index is 13.1. The van der Waals surface area contributed by atoms with Crippen LogP contribution >= 0.6 is 11.6 Å². The molecule has 3 N–H and O–H groups in total. The second-order valence-corrected chi connectivity index (χ2v) is 8.33. The minimum Gasteiger partial charge on any atom is -0.397 e. The van der Waals surface area contributed by atoms with E-state index >= 15 is 0 Å². The van der Waals surface area contributed by atoms with Crippen LogP contribution in [0.2, 0.25) is 5.02 Å². The third-order valence-corrected chi connectivity index (χ3v) is 6.20. The van der Waals surface area contributed by atoms with Crippen molar-refractivity contribution >= 4 is 44.9 Å². The summed E-state index contributed by atoms with van der Waals surface area (Å²) in [5.41, 5.74) is 10.5. The molecule has 0 saturated carbocycles. The van der Waals surface area contributed by atoms with Gasteiger partial charge in [-0.3, -0.25) is 4.79 Å². The number of nitrogens with one attached hydrogen (secondary N) is 1. The molecule has 4 aromatic rings. The van der Waals surface area contributed by atoms with Crippen molar-refractivity contribution in [2.45, 2.75) is 0 Å². The van der Waals surface area contributed by atoms with Crippen LogP contribution in [0.4, 0.5) is 11.4 Å². The van der Waals surface area contributed by atoms with Gasteiger partial charge in [-0.15, -0.1) is 0 Å². The third kappa shape index (κ3) is 3.02. The molecule has 1 aliphatic rings. The zero-order valence-corrected chi connectivity index (χ0v) is 17.7. The van der Waals surface area contributed by atoms with Crippen molar-refractivity contribution in [3.63, 3.8) is 0 Å². The van der Waals surface area contributed by atoms with Gasteiger partial charge in [0.25, 0.3) is 5.56 Å². The van der Waals surface area contributed by atoms with Crippen LogP contribution in [0, 0.1) is 0 Å². The smallest absolute Gasteiger partial charge is 0.263 e. The van der Waals surface area contributed by atoms with Gasteiger partial charge in [-0.05, 0) is 43.4 Å². The van der Waals surface area contributed by atoms with Crippen LogP contribution in [-0.4, -0.2) is 52.7 Å². The maximum Gasteiger partial charge on any atom is 0.263 e. The molecule has 3 heterocycles. The average Bonchev–Trinajstić information content (AvgIpc) is 3.15. The summed E-state index contributed by atoms with van der Waals surface area (Å²) in [5, 5.41) is 1.30. The highest BCUT2D eigenvalue weighted by atomic mass is 35.5. The fraction of sp³-hybridized carbons (Fsp3) is 0.273. The first-order valence-corrected chi connectivity index (χ1v) is 10.3. The van der Waals surface area contributed by atoms with Gasteiger partial charge in [0.2, 0.25) is 0 Å². The van der Waals surface area contributed by atoms with Gasteiger partial charge in [-0.1, -0.05) is 11.6 Å². The zero-order valence-electron chi connectivity index (χ0n) is 16.9. The number of anilines is 2. The number of fused-ring (bicyclic) bond motifs is 2. The van der Waals surface area contributed by atoms with E-state index in [1.54, 1.807) is 29.8 Å². The predicted octanol–water partition coefficient (Wildman–Crippen LogP) is 3.07. The largest absolute Gasteiger partial charge is 0.397 e. The van der Waals surface area contributed by atoms with E-state index in [0.29, 0.717) is 22.1 Å². The Morgan fingerprint density at radius 3 is 2.60 bits per heavy atom. The van der Waals surface area contributed by atoms with Crippen molar-refractivity contribution in [2.24, 2.45) is 7.05 Å². The molecular formula is C22H23ClN6O. The molecule has 2 aromatic heterocycles. The summed E-state index contributed by atoms with van der Waals surface area (Å²) in [5.74, 6) is 0.473. The first-order valence-electron chi connectivity index (χ1n) is 9.94. The molecule has 0 bridgehead atoms. The van der Waals surface area contributed by atoms with Crippen LogP contribution in [0.5, 0.6) is 0 Å². The van der Waals surface area contributed by atoms with Crippen molar-refractivity contribution in [1.29, 1.82) is 0 Å². The second-order valence-electron chi connectivity index (χ2n) is 7.89. The van der Waals surface area contributed by atoms with Crippen molar-refractivity contribution in [2.75, 3.05) is 43.9 Å². The molecule has 5 rings (SSSR count). The topological polar surface area (TPSA) is 83.2 Å². The maximum absolute atomic E-state index is 13.1. The fourth-order valence-electron chi connectivity index (χ4n) is 4.15. The molecule has 1 fully saturated rings. The van der Waals surface area contributed by atoms with Crippen LogP contribution in [0.1, 0.15) is 0 Å². The van der Waals surface area contributed by atoms with Gasteiger partial charge >= 0.3 is 0 Å². The Morgan fingerprint density at radius 2 is 1.83 bits per heavy atom. The monoisotopic (exact) mass is 422 g/mol. The minimum absolute atomic E-state index is 0.194. The zero-order chi connectivity index (χ0) is 21.0. The van der Waals surface area contributed by atoms with Crippen molar-refractivity contribution in [3.05, 3.63) is 51.8 Å². The normalized spacial score (nSPS) is 15.4. The molecule has 0 amide bonds. The molecule has 0 spiro atoms. The third-order valence-electron chi connectivity index (χ3n) is 5.97. The number of pyridine rings is 1. The summed E-state index contributed by atoms with van der Waals surface area (Å²) in [4.78, 5) is 25.8. The van der Waals surface area contributed by atoms with E-state index in [4.69, 9.17) is 22.3 Å². The second kappa shape index (κ2) is 7.04. The van der Waals surface area contributed by atoms with Crippen LogP contribution in [0.25, 0.3) is 33.3 Å². The van der Waals surface area contributed by atoms with Gasteiger partial charge in [0, 0.05) is 49.3 Å². The number of imidazole rings is 1. The van der Waals surface area contributed by atoms with Gasteiger partial charge in [-0.25, -0.2) is 4.98 Å². The number of nitrogens with two attached hydrogens (primary N) is 1. The highest BCUT2D eigenvalue weighted by molar-refractivity contribution is 6.31. The van der Waals surface area contributed by atoms with Gasteiger partial charge in [0.1, 0.15) is 11.4 Å². The summed E-state index contributed by atoms with van der Waals surface area (Å²) in [6, 6.07) is 11.5. The van der Waals surface area contributed by atoms with Crippen LogP contribution in [0.3, 0.4) is 0 Å². The van der Waals surface area contributed by atoms with Crippen molar-refractivity contribution in [3.8, 4) is 11.4 Å². The Hall–Kier alpha value is -3.03. The number of nitrogen functional groups attached to an aromatic ring is 1. The lowest BCUT2D eigenvalue weighted by molar-refractivity contribution is 0.313. The number of aryl methyl sites for hydroxylation is 1. The number of hydrogen-bond acceptors (Lipinski definition) is 5. The van der Waals surface area contributed by atoms with Gasteiger partial charge in [0.15, 0.2) is 0 Å². The molecule has 7 nitrogen and oxygen atoms in total. The summed E-state index contributed by atoms with van der Waals surface area (Å²) in [7, 11) is 3.87. The molecule has 2 aromatic carbocycles. The molecule has 30 heavy (non-hydrogen) atoms. The number of halogens is 1. The number of likely N-dealkylation sites (N-methyl/N-ethyl adjacent to an activating group) is 1. The number of benzene rings is 2. The Balaban J connectivity index is 1.63. The van der Waals surface area contributed by atoms with E-state index in [1.807, 2.05) is 6.07 Å². The molecule has 8 heteroatoms. The van der Waals surface area contributed by atoms with E-state index in [-0.39, 0.29) is 5.56 Å². The number of hydrogen-bond donors (Lipinski definition) is 2. The Kier molecular flexibility index (Phi) is 4.45. The fourth-order valence-corrected chi connectivity index (χ4v) is 4.32. The number of rotatable bonds is 2. The summed E-state index contributed by atoms with van der Waals surface area (Å²) in [6.45, 7) is 4.04. The molecule has 0 atom stereocenters. The standard InChI is InChI=1S/C22H23ClN6O/c1-27-7-9-29(10-8-27)14-4-5-16-17(12-14)26-21(25-16)19-20(24)15-11-13(23)3-6-18(15)28(2)22(19)30/h3-6,11-12H,7-10,24H2,1-2H3,(H,25,26). The van der Waals surface area contributed by atoms with Crippen molar-refractivity contribution < 1.29 is 0 Å². The molecule has 1 saturated heterocycles. The molecule has 0 radical (unpaired) electrons. The van der Waals surface area contributed by atoms with Crippen LogP contribution < -0.4 is 16.2 Å². The first kappa shape index (κ1) is 19.0. The van der Waals surface area contributed by atoms with Gasteiger partial charge < -0.3 is 25.1 Å². The lowest BCUT2D eigenvalue weighted by atomic mass is 10.1. The van der Waals surface area contributed by atoms with E-state index < -0.39 is 0 Å². The van der Waals surface area contributed by atoms with Gasteiger partial charge in [0.05, 0.1) is 22.2 Å². The Morgan fingerprint density at radius 1 is 1.07 bits per heavy atom. The lowest BCUT2D eigenvalue weighted by Crippen LogP contribution is -2.44. The number of H-pyrrole nitrogens is 1. The summed E-state index contributed by atoms with van der Waals surface area (Å²) in [6.07, 6.45) is 0. The van der Waals surface area contributed by atoms with Crippen LogP contribution in [0.15, 0.2) is 41.2 Å². The van der Waals surface area contributed by atoms with E-state index in [1.165, 1.54) is 0 Å². The highest BCUT2D eigenvalue weighted by Gasteiger charge is 2.19. The van der Waals surface area contributed by atoms with E-state index in [0.717, 1.165) is 53.8 Å². The molecule has 0 aliphatic carbocycles. The summed E-state index contributed by atoms with van der Waals surface area (Å²) < 4.78 is 1.58. The average molecular weight is 423 g/mol. The van der Waals surface area contributed by atoms with E-state index in [2.05, 4.69) is 34.0 Å². The number of aromatic nitrogens is 3. The Bertz CT molecular complexity index is 1330. The first-order chi connectivity index (χ1) is 14.4. The minimum atomic E-state index is -0.194. The SMILES string of the molecule is CN1CCN(c2ccc3[nH]c(-c4c(N)c5cc(Cl)ccc5n(C)c4=O)nc3c2)CC1. The summed E-state index contributed by atoms with van der Waals surface area (Å²) >= 11 is 6.17. The number of piperazine rings is 1. The quantitative estimate of drug-likeness (QED) is 0.518. The molecule has 1 aliphatic heterocycles. The highest BCUT2D eigenvalue weighted by Crippen LogP contribution is 2.31. The molecule has 154 valence electrons. The molecular weight excluding hydrogens is 400 g/mol. The number of nitrogens with zero attached hydrogens (tertiary/aromatic N) is 4. The Labute approximate surface area is 178 Å². The lowest BCUT2D eigenvalue weighted by Gasteiger charge is -2.34. The van der Waals surface area contributed by atoms with Crippen LogP contribution in [-0.2, 0) is 7.05 Å². The van der Waals surface area contributed by atoms with Gasteiger partial charge in [-0.2, -0.15) is 0 Å². The predicted molar refractivity (Wildman–Crippen MR) is 123 cm³/mol. The van der Waals surface area contributed by atoms with E-state index in [9.17, 15) is 4.79 Å². The number of aromatic amines is 1.